The van der Waals surface area contributed by atoms with Crippen molar-refractivity contribution in [3.8, 4) is 0 Å². The molecule has 0 aliphatic heterocycles. The fraction of sp³-hybridized carbons (Fsp3) is 0.615. The highest BCUT2D eigenvalue weighted by Gasteiger charge is 2.29. The quantitative estimate of drug-likeness (QED) is 0.404. The number of likely N-dealkylation sites (N-methyl/N-ethyl adjacent to an activating group) is 2. The van der Waals surface area contributed by atoms with Crippen molar-refractivity contribution in [2.75, 3.05) is 14.1 Å². The first kappa shape index (κ1) is 28.5. The lowest BCUT2D eigenvalue weighted by molar-refractivity contribution is -0.125. The zero-order chi connectivity index (χ0) is 25.1. The number of aldehydes is 2. The number of hydrogen-bond acceptors (Lipinski definition) is 4. The van der Waals surface area contributed by atoms with E-state index in [1.165, 1.54) is 25.1 Å². The molecule has 6 nitrogen and oxygen atoms in total. The Morgan fingerprint density at radius 2 is 1.76 bits per heavy atom. The summed E-state index contributed by atoms with van der Waals surface area (Å²) in [4.78, 5) is 49.2. The lowest BCUT2D eigenvalue weighted by atomic mass is 9.82. The number of hydrogen-bond donors (Lipinski definition) is 1. The molecule has 0 heterocycles. The SMILES string of the molecule is CCCC(C)CCC(C)C(C)c1cc(C(=O)N(C)C(CCC=O)C(=O)NC)c(C=O)cc1F. The van der Waals surface area contributed by atoms with Crippen LogP contribution in [0.1, 0.15) is 98.4 Å². The number of carbonyl (C=O) groups is 4. The van der Waals surface area contributed by atoms with Gasteiger partial charge in [0.15, 0.2) is 6.29 Å². The molecule has 4 atom stereocenters. The third-order valence-electron chi connectivity index (χ3n) is 6.66. The van der Waals surface area contributed by atoms with E-state index in [4.69, 9.17) is 0 Å². The van der Waals surface area contributed by atoms with Gasteiger partial charge in [-0.25, -0.2) is 4.39 Å². The third kappa shape index (κ3) is 7.76. The molecule has 0 saturated heterocycles. The Labute approximate surface area is 197 Å². The Kier molecular flexibility index (Phi) is 12.0. The molecule has 0 aliphatic rings. The minimum atomic E-state index is -0.878. The van der Waals surface area contributed by atoms with Crippen LogP contribution in [0.3, 0.4) is 0 Å². The molecule has 4 unspecified atom stereocenters. The molecule has 0 spiro atoms. The molecule has 184 valence electrons. The molecule has 1 aromatic carbocycles. The van der Waals surface area contributed by atoms with Crippen LogP contribution in [-0.2, 0) is 9.59 Å². The van der Waals surface area contributed by atoms with E-state index < -0.39 is 23.7 Å². The predicted octanol–water partition coefficient (Wildman–Crippen LogP) is 4.76. The Bertz CT molecular complexity index is 827. The van der Waals surface area contributed by atoms with Gasteiger partial charge in [-0.1, -0.05) is 47.0 Å². The molecule has 1 rings (SSSR count). The van der Waals surface area contributed by atoms with Crippen LogP contribution in [0.2, 0.25) is 0 Å². The summed E-state index contributed by atoms with van der Waals surface area (Å²) in [5.41, 5.74) is 0.384. The standard InChI is InChI=1S/C26H39FN2O4/c1-7-9-17(2)11-12-18(3)19(4)21-15-22(20(16-31)14-23(21)27)26(33)29(6)24(10-8-13-30)25(32)28-5/h13-19,24H,7-12H2,1-6H3,(H,28,32). The second-order valence-electron chi connectivity index (χ2n) is 9.11. The molecule has 0 aliphatic carbocycles. The van der Waals surface area contributed by atoms with Gasteiger partial charge < -0.3 is 15.0 Å². The summed E-state index contributed by atoms with van der Waals surface area (Å²) in [7, 11) is 2.90. The first-order valence-corrected chi connectivity index (χ1v) is 11.8. The molecule has 0 saturated carbocycles. The number of halogens is 1. The van der Waals surface area contributed by atoms with Crippen molar-refractivity contribution in [2.24, 2.45) is 11.8 Å². The van der Waals surface area contributed by atoms with E-state index in [1.807, 2.05) is 6.92 Å². The second kappa shape index (κ2) is 13.9. The summed E-state index contributed by atoms with van der Waals surface area (Å²) in [6.07, 6.45) is 5.67. The van der Waals surface area contributed by atoms with Crippen LogP contribution in [0.5, 0.6) is 0 Å². The fourth-order valence-corrected chi connectivity index (χ4v) is 4.20. The lowest BCUT2D eigenvalue weighted by Gasteiger charge is -2.28. The van der Waals surface area contributed by atoms with Crippen molar-refractivity contribution in [3.05, 3.63) is 34.6 Å². The molecule has 2 amide bonds. The van der Waals surface area contributed by atoms with Gasteiger partial charge in [0.1, 0.15) is 18.1 Å². The van der Waals surface area contributed by atoms with E-state index in [0.29, 0.717) is 24.1 Å². The Morgan fingerprint density at radius 1 is 1.09 bits per heavy atom. The van der Waals surface area contributed by atoms with Gasteiger partial charge >= 0.3 is 0 Å². The topological polar surface area (TPSA) is 83.6 Å². The van der Waals surface area contributed by atoms with Gasteiger partial charge in [0, 0.05) is 26.1 Å². The van der Waals surface area contributed by atoms with Gasteiger partial charge in [0.25, 0.3) is 5.91 Å². The van der Waals surface area contributed by atoms with Crippen LogP contribution >= 0.6 is 0 Å². The zero-order valence-electron chi connectivity index (χ0n) is 20.8. The highest BCUT2D eigenvalue weighted by Crippen LogP contribution is 2.32. The number of nitrogens with zero attached hydrogens (tertiary/aromatic N) is 1. The molecule has 0 fully saturated rings. The van der Waals surface area contributed by atoms with Crippen LogP contribution in [0.4, 0.5) is 4.39 Å². The summed E-state index contributed by atoms with van der Waals surface area (Å²) in [5.74, 6) is -0.846. The van der Waals surface area contributed by atoms with Crippen molar-refractivity contribution in [1.29, 1.82) is 0 Å². The maximum atomic E-state index is 14.9. The van der Waals surface area contributed by atoms with Gasteiger partial charge in [-0.3, -0.25) is 14.4 Å². The maximum Gasteiger partial charge on any atom is 0.255 e. The second-order valence-corrected chi connectivity index (χ2v) is 9.11. The molecule has 0 bridgehead atoms. The highest BCUT2D eigenvalue weighted by atomic mass is 19.1. The largest absolute Gasteiger partial charge is 0.357 e. The maximum absolute atomic E-state index is 14.9. The number of rotatable bonds is 14. The number of nitrogens with one attached hydrogen (secondary N) is 1. The van der Waals surface area contributed by atoms with Gasteiger partial charge in [0.05, 0.1) is 5.56 Å². The van der Waals surface area contributed by atoms with Crippen LogP contribution in [0.15, 0.2) is 12.1 Å². The van der Waals surface area contributed by atoms with E-state index in [2.05, 4.69) is 26.1 Å². The van der Waals surface area contributed by atoms with Crippen molar-refractivity contribution in [1.82, 2.24) is 10.2 Å². The monoisotopic (exact) mass is 462 g/mol. The first-order chi connectivity index (χ1) is 15.6. The first-order valence-electron chi connectivity index (χ1n) is 11.8. The van der Waals surface area contributed by atoms with E-state index in [9.17, 15) is 23.6 Å². The Hall–Kier alpha value is -2.57. The lowest BCUT2D eigenvalue weighted by Crippen LogP contribution is -2.47. The summed E-state index contributed by atoms with van der Waals surface area (Å²) >= 11 is 0. The summed E-state index contributed by atoms with van der Waals surface area (Å²) in [6, 6.07) is 1.68. The smallest absolute Gasteiger partial charge is 0.255 e. The van der Waals surface area contributed by atoms with Crippen LogP contribution in [-0.4, -0.2) is 49.4 Å². The molecule has 0 radical (unpaired) electrons. The van der Waals surface area contributed by atoms with Crippen molar-refractivity contribution in [3.63, 3.8) is 0 Å². The summed E-state index contributed by atoms with van der Waals surface area (Å²) in [6.45, 7) is 8.39. The summed E-state index contributed by atoms with van der Waals surface area (Å²) in [5, 5.41) is 2.50. The Balaban J connectivity index is 3.24. The predicted molar refractivity (Wildman–Crippen MR) is 128 cm³/mol. The fourth-order valence-electron chi connectivity index (χ4n) is 4.20. The van der Waals surface area contributed by atoms with Crippen molar-refractivity contribution < 1.29 is 23.6 Å². The average molecular weight is 463 g/mol. The van der Waals surface area contributed by atoms with E-state index >= 15 is 0 Å². The van der Waals surface area contributed by atoms with E-state index in [0.717, 1.165) is 31.7 Å². The third-order valence-corrected chi connectivity index (χ3v) is 6.66. The van der Waals surface area contributed by atoms with Gasteiger partial charge in [-0.2, -0.15) is 0 Å². The molecular formula is C26H39FN2O4. The molecular weight excluding hydrogens is 423 g/mol. The molecule has 0 aromatic heterocycles. The number of amides is 2. The number of benzene rings is 1. The minimum Gasteiger partial charge on any atom is -0.357 e. The minimum absolute atomic E-state index is 0.0577. The van der Waals surface area contributed by atoms with Gasteiger partial charge in [-0.15, -0.1) is 0 Å². The average Bonchev–Trinajstić information content (AvgIpc) is 2.81. The molecule has 1 N–H and O–H groups in total. The van der Waals surface area contributed by atoms with Crippen LogP contribution in [0, 0.1) is 17.7 Å². The molecule has 7 heteroatoms. The normalized spacial score (nSPS) is 14.6. The highest BCUT2D eigenvalue weighted by molar-refractivity contribution is 6.03. The van der Waals surface area contributed by atoms with Crippen molar-refractivity contribution >= 4 is 24.4 Å². The number of carbonyl (C=O) groups excluding carboxylic acids is 4. The molecule has 33 heavy (non-hydrogen) atoms. The van der Waals surface area contributed by atoms with Gasteiger partial charge in [0.2, 0.25) is 5.91 Å². The Morgan fingerprint density at radius 3 is 2.30 bits per heavy atom. The zero-order valence-corrected chi connectivity index (χ0v) is 20.8. The van der Waals surface area contributed by atoms with E-state index in [1.54, 1.807) is 0 Å². The summed E-state index contributed by atoms with van der Waals surface area (Å²) < 4.78 is 14.9. The van der Waals surface area contributed by atoms with Crippen LogP contribution < -0.4 is 5.32 Å². The molecule has 1 aromatic rings. The van der Waals surface area contributed by atoms with Gasteiger partial charge in [-0.05, 0) is 48.3 Å². The van der Waals surface area contributed by atoms with Crippen molar-refractivity contribution in [2.45, 2.75) is 78.2 Å². The van der Waals surface area contributed by atoms with Crippen LogP contribution in [0.25, 0.3) is 0 Å². The van der Waals surface area contributed by atoms with E-state index in [-0.39, 0.29) is 35.8 Å².